The lowest BCUT2D eigenvalue weighted by atomic mass is 10.2. The van der Waals surface area contributed by atoms with Crippen LogP contribution in [0.1, 0.15) is 20.3 Å². The third-order valence-electron chi connectivity index (χ3n) is 2.64. The zero-order valence-electron chi connectivity index (χ0n) is 11.9. The van der Waals surface area contributed by atoms with Gasteiger partial charge in [0.25, 0.3) is 5.69 Å². The topological polar surface area (TPSA) is 113 Å². The molecule has 114 valence electrons. The van der Waals surface area contributed by atoms with Crippen LogP contribution in [0.25, 0.3) is 0 Å². The van der Waals surface area contributed by atoms with Gasteiger partial charge in [0.2, 0.25) is 5.91 Å². The van der Waals surface area contributed by atoms with Crippen molar-refractivity contribution in [3.8, 4) is 0 Å². The fraction of sp³-hybridized carbons (Fsp3) is 0.385. The summed E-state index contributed by atoms with van der Waals surface area (Å²) in [7, 11) is 0. The SMILES string of the molecule is CCCNC(=O)[C@@H](C)NC(=O)Nc1ccccc1[N+](=O)[O-]. The summed E-state index contributed by atoms with van der Waals surface area (Å²) < 4.78 is 0. The van der Waals surface area contributed by atoms with Gasteiger partial charge in [0.1, 0.15) is 11.7 Å². The van der Waals surface area contributed by atoms with Gasteiger partial charge >= 0.3 is 6.03 Å². The van der Waals surface area contributed by atoms with Gasteiger partial charge < -0.3 is 16.0 Å². The molecule has 0 spiro atoms. The Morgan fingerprint density at radius 2 is 2.00 bits per heavy atom. The first-order valence-corrected chi connectivity index (χ1v) is 6.54. The van der Waals surface area contributed by atoms with Crippen molar-refractivity contribution < 1.29 is 14.5 Å². The molecule has 3 N–H and O–H groups in total. The van der Waals surface area contributed by atoms with E-state index < -0.39 is 17.0 Å². The minimum Gasteiger partial charge on any atom is -0.354 e. The Hall–Kier alpha value is -2.64. The summed E-state index contributed by atoms with van der Waals surface area (Å²) >= 11 is 0. The van der Waals surface area contributed by atoms with Gasteiger partial charge in [0, 0.05) is 12.6 Å². The average molecular weight is 294 g/mol. The standard InChI is InChI=1S/C13H18N4O4/c1-3-8-14-12(18)9(2)15-13(19)16-10-6-4-5-7-11(10)17(20)21/h4-7,9H,3,8H2,1-2H3,(H,14,18)(H2,15,16,19)/t9-/m1/s1. The third-order valence-corrected chi connectivity index (χ3v) is 2.64. The van der Waals surface area contributed by atoms with Gasteiger partial charge in [-0.3, -0.25) is 14.9 Å². The first-order valence-electron chi connectivity index (χ1n) is 6.54. The number of benzene rings is 1. The van der Waals surface area contributed by atoms with Crippen molar-refractivity contribution in [3.05, 3.63) is 34.4 Å². The van der Waals surface area contributed by atoms with Crippen LogP contribution in [0.5, 0.6) is 0 Å². The smallest absolute Gasteiger partial charge is 0.320 e. The van der Waals surface area contributed by atoms with Crippen LogP contribution in [0.4, 0.5) is 16.2 Å². The molecule has 0 aliphatic carbocycles. The van der Waals surface area contributed by atoms with Gasteiger partial charge in [0.15, 0.2) is 0 Å². The summed E-state index contributed by atoms with van der Waals surface area (Å²) in [6.07, 6.45) is 0.793. The Morgan fingerprint density at radius 1 is 1.33 bits per heavy atom. The first kappa shape index (κ1) is 16.4. The summed E-state index contributed by atoms with van der Waals surface area (Å²) in [6.45, 7) is 3.97. The van der Waals surface area contributed by atoms with Crippen LogP contribution in [0.15, 0.2) is 24.3 Å². The Bertz CT molecular complexity index is 533. The molecule has 3 amide bonds. The van der Waals surface area contributed by atoms with Crippen LogP contribution >= 0.6 is 0 Å². The van der Waals surface area contributed by atoms with E-state index in [1.54, 1.807) is 6.07 Å². The number of nitro benzene ring substituents is 1. The molecule has 0 saturated heterocycles. The highest BCUT2D eigenvalue weighted by atomic mass is 16.6. The molecule has 1 aromatic rings. The number of hydrogen-bond donors (Lipinski definition) is 3. The largest absolute Gasteiger partial charge is 0.354 e. The summed E-state index contributed by atoms with van der Waals surface area (Å²) in [5.74, 6) is -0.311. The Balaban J connectivity index is 2.62. The fourth-order valence-corrected chi connectivity index (χ4v) is 1.56. The molecule has 8 nitrogen and oxygen atoms in total. The highest BCUT2D eigenvalue weighted by Crippen LogP contribution is 2.22. The maximum Gasteiger partial charge on any atom is 0.320 e. The molecule has 0 saturated carbocycles. The van der Waals surface area contributed by atoms with E-state index in [1.807, 2.05) is 6.92 Å². The number of nitro groups is 1. The van der Waals surface area contributed by atoms with Gasteiger partial charge in [-0.1, -0.05) is 19.1 Å². The van der Waals surface area contributed by atoms with Crippen LogP contribution in [-0.4, -0.2) is 29.4 Å². The molecular formula is C13H18N4O4. The fourth-order valence-electron chi connectivity index (χ4n) is 1.56. The number of anilines is 1. The van der Waals surface area contributed by atoms with Crippen molar-refractivity contribution >= 4 is 23.3 Å². The minimum atomic E-state index is -0.737. The molecule has 0 aliphatic rings. The molecule has 1 rings (SSSR count). The molecular weight excluding hydrogens is 276 g/mol. The molecule has 0 aromatic heterocycles. The molecule has 0 fully saturated rings. The maximum atomic E-state index is 11.8. The lowest BCUT2D eigenvalue weighted by Crippen LogP contribution is -2.46. The van der Waals surface area contributed by atoms with Gasteiger partial charge in [-0.25, -0.2) is 4.79 Å². The van der Waals surface area contributed by atoms with Gasteiger partial charge in [0.05, 0.1) is 4.92 Å². The number of carbonyl (C=O) groups is 2. The van der Waals surface area contributed by atoms with Gasteiger partial charge in [-0.2, -0.15) is 0 Å². The lowest BCUT2D eigenvalue weighted by Gasteiger charge is -2.14. The quantitative estimate of drug-likeness (QED) is 0.546. The normalized spacial score (nSPS) is 11.3. The number of urea groups is 1. The van der Waals surface area contributed by atoms with Crippen molar-refractivity contribution in [2.75, 3.05) is 11.9 Å². The molecule has 0 unspecified atom stereocenters. The molecule has 0 bridgehead atoms. The van der Waals surface area contributed by atoms with Crippen LogP contribution in [0.3, 0.4) is 0 Å². The maximum absolute atomic E-state index is 11.8. The van der Waals surface area contributed by atoms with E-state index in [-0.39, 0.29) is 17.3 Å². The van der Waals surface area contributed by atoms with E-state index in [0.29, 0.717) is 6.54 Å². The van der Waals surface area contributed by atoms with E-state index in [9.17, 15) is 19.7 Å². The predicted molar refractivity (Wildman–Crippen MR) is 78.0 cm³/mol. The van der Waals surface area contributed by atoms with Crippen LogP contribution in [0.2, 0.25) is 0 Å². The van der Waals surface area contributed by atoms with E-state index in [0.717, 1.165) is 6.42 Å². The van der Waals surface area contributed by atoms with Crippen molar-refractivity contribution in [3.63, 3.8) is 0 Å². The zero-order chi connectivity index (χ0) is 15.8. The molecule has 0 heterocycles. The third kappa shape index (κ3) is 5.09. The molecule has 21 heavy (non-hydrogen) atoms. The summed E-state index contributed by atoms with van der Waals surface area (Å²) in [5.41, 5.74) is -0.142. The lowest BCUT2D eigenvalue weighted by molar-refractivity contribution is -0.383. The number of nitrogens with one attached hydrogen (secondary N) is 3. The van der Waals surface area contributed by atoms with E-state index in [4.69, 9.17) is 0 Å². The van der Waals surface area contributed by atoms with Crippen molar-refractivity contribution in [1.82, 2.24) is 10.6 Å². The summed E-state index contributed by atoms with van der Waals surface area (Å²) in [6, 6.07) is 4.36. The Labute approximate surface area is 122 Å². The second kappa shape index (κ2) is 7.83. The first-order chi connectivity index (χ1) is 9.95. The number of rotatable bonds is 6. The Kier molecular flexibility index (Phi) is 6.12. The monoisotopic (exact) mass is 294 g/mol. The Morgan fingerprint density at radius 3 is 2.62 bits per heavy atom. The molecule has 0 aliphatic heterocycles. The van der Waals surface area contributed by atoms with Crippen molar-refractivity contribution in [2.45, 2.75) is 26.3 Å². The van der Waals surface area contributed by atoms with Gasteiger partial charge in [-0.15, -0.1) is 0 Å². The molecule has 0 radical (unpaired) electrons. The minimum absolute atomic E-state index is 0.0705. The number of amides is 3. The highest BCUT2D eigenvalue weighted by molar-refractivity contribution is 5.95. The van der Waals surface area contributed by atoms with E-state index >= 15 is 0 Å². The predicted octanol–water partition coefficient (Wildman–Crippen LogP) is 1.63. The van der Waals surface area contributed by atoms with Crippen molar-refractivity contribution in [1.29, 1.82) is 0 Å². The number of carbonyl (C=O) groups excluding carboxylic acids is 2. The van der Waals surface area contributed by atoms with Gasteiger partial charge in [-0.05, 0) is 19.4 Å². The summed E-state index contributed by atoms with van der Waals surface area (Å²) in [4.78, 5) is 33.6. The van der Waals surface area contributed by atoms with Crippen LogP contribution in [0, 0.1) is 10.1 Å². The van der Waals surface area contributed by atoms with Crippen molar-refractivity contribution in [2.24, 2.45) is 0 Å². The zero-order valence-corrected chi connectivity index (χ0v) is 11.9. The number of nitrogens with zero attached hydrogens (tertiary/aromatic N) is 1. The summed E-state index contributed by atoms with van der Waals surface area (Å²) in [5, 5.41) is 18.2. The number of para-hydroxylation sites is 2. The molecule has 8 heteroatoms. The highest BCUT2D eigenvalue weighted by Gasteiger charge is 2.18. The second-order valence-electron chi connectivity index (χ2n) is 4.39. The van der Waals surface area contributed by atoms with Crippen LogP contribution < -0.4 is 16.0 Å². The van der Waals surface area contributed by atoms with E-state index in [2.05, 4.69) is 16.0 Å². The van der Waals surface area contributed by atoms with Crippen LogP contribution in [-0.2, 0) is 4.79 Å². The average Bonchev–Trinajstić information content (AvgIpc) is 2.44. The second-order valence-corrected chi connectivity index (χ2v) is 4.39. The molecule has 1 atom stereocenters. The molecule has 1 aromatic carbocycles. The van der Waals surface area contributed by atoms with E-state index in [1.165, 1.54) is 25.1 Å². The number of hydrogen-bond acceptors (Lipinski definition) is 4.